The normalized spacial score (nSPS) is 14.9. The van der Waals surface area contributed by atoms with E-state index in [0.717, 1.165) is 55.9 Å². The number of aromatic nitrogens is 3. The second kappa shape index (κ2) is 11.7. The van der Waals surface area contributed by atoms with Crippen molar-refractivity contribution in [2.45, 2.75) is 51.7 Å². The number of aryl methyl sites for hydroxylation is 2. The van der Waals surface area contributed by atoms with Gasteiger partial charge in [0.25, 0.3) is 5.91 Å². The van der Waals surface area contributed by atoms with Crippen molar-refractivity contribution in [1.29, 1.82) is 0 Å². The van der Waals surface area contributed by atoms with Crippen LogP contribution in [0, 0.1) is 6.92 Å². The highest BCUT2D eigenvalue weighted by molar-refractivity contribution is 6.29. The zero-order valence-corrected chi connectivity index (χ0v) is 21.6. The lowest BCUT2D eigenvalue weighted by molar-refractivity contribution is 0.0950. The fraction of sp³-hybridized carbons (Fsp3) is 0.310. The molecule has 0 saturated heterocycles. The van der Waals surface area contributed by atoms with E-state index in [4.69, 9.17) is 21.0 Å². The highest BCUT2D eigenvalue weighted by Crippen LogP contribution is 2.34. The van der Waals surface area contributed by atoms with Crippen LogP contribution >= 0.6 is 11.6 Å². The monoisotopic (exact) mass is 515 g/mol. The van der Waals surface area contributed by atoms with Gasteiger partial charge in [-0.2, -0.15) is 0 Å². The van der Waals surface area contributed by atoms with Gasteiger partial charge in [0.15, 0.2) is 5.89 Å². The zero-order chi connectivity index (χ0) is 25.6. The van der Waals surface area contributed by atoms with Crippen molar-refractivity contribution >= 4 is 17.5 Å². The van der Waals surface area contributed by atoms with Crippen LogP contribution in [0.2, 0.25) is 5.15 Å². The average Bonchev–Trinajstić information content (AvgIpc) is 3.34. The molecule has 3 heterocycles. The summed E-state index contributed by atoms with van der Waals surface area (Å²) in [5, 5.41) is 3.28. The van der Waals surface area contributed by atoms with Crippen LogP contribution in [0.3, 0.4) is 0 Å². The Morgan fingerprint density at radius 3 is 2.86 bits per heavy atom. The molecule has 5 rings (SSSR count). The third-order valence-electron chi connectivity index (χ3n) is 6.70. The Morgan fingerprint density at radius 2 is 2.03 bits per heavy atom. The molecule has 1 aliphatic rings. The minimum atomic E-state index is -0.178. The summed E-state index contributed by atoms with van der Waals surface area (Å²) in [7, 11) is 0. The maximum Gasteiger partial charge on any atom is 0.251 e. The number of nitrogens with one attached hydrogen (secondary N) is 1. The highest BCUT2D eigenvalue weighted by atomic mass is 35.5. The standard InChI is InChI=1S/C29H30ClN5O2/c1-20-19-37-27(34-20)11-14-35(25-9-3-7-23-8-4-12-32-28(23)25)18-22-6-2-5-21(15-22)17-33-29(36)24-10-13-31-26(30)16-24/h2,4-6,8,10,12-13,15-16,19,25H,3,7,9,11,14,17-18H2,1H3,(H,33,36). The second-order valence-electron chi connectivity index (χ2n) is 9.43. The van der Waals surface area contributed by atoms with Gasteiger partial charge >= 0.3 is 0 Å². The molecule has 1 atom stereocenters. The number of oxazole rings is 1. The summed E-state index contributed by atoms with van der Waals surface area (Å²) in [6, 6.07) is 16.0. The van der Waals surface area contributed by atoms with E-state index in [1.54, 1.807) is 18.4 Å². The first-order chi connectivity index (χ1) is 18.0. The molecule has 190 valence electrons. The molecule has 0 spiro atoms. The fourth-order valence-corrected chi connectivity index (χ4v) is 5.12. The quantitative estimate of drug-likeness (QED) is 0.297. The molecule has 1 N–H and O–H groups in total. The smallest absolute Gasteiger partial charge is 0.251 e. The predicted octanol–water partition coefficient (Wildman–Crippen LogP) is 5.48. The third kappa shape index (κ3) is 6.42. The van der Waals surface area contributed by atoms with Gasteiger partial charge in [0, 0.05) is 44.0 Å². The third-order valence-corrected chi connectivity index (χ3v) is 6.91. The topological polar surface area (TPSA) is 84.2 Å². The van der Waals surface area contributed by atoms with Crippen molar-refractivity contribution in [2.75, 3.05) is 6.54 Å². The van der Waals surface area contributed by atoms with Crippen molar-refractivity contribution < 1.29 is 9.21 Å². The molecule has 4 aromatic rings. The van der Waals surface area contributed by atoms with Crippen LogP contribution in [0.25, 0.3) is 0 Å². The number of hydrogen-bond acceptors (Lipinski definition) is 6. The molecule has 0 bridgehead atoms. The fourth-order valence-electron chi connectivity index (χ4n) is 4.94. The number of fused-ring (bicyclic) bond motifs is 1. The van der Waals surface area contributed by atoms with Gasteiger partial charge in [-0.3, -0.25) is 14.7 Å². The number of hydrogen-bond donors (Lipinski definition) is 1. The van der Waals surface area contributed by atoms with Crippen LogP contribution in [0.1, 0.15) is 63.2 Å². The number of rotatable bonds is 9. The van der Waals surface area contributed by atoms with Crippen LogP contribution in [0.15, 0.2) is 71.6 Å². The lowest BCUT2D eigenvalue weighted by atomic mass is 9.90. The van der Waals surface area contributed by atoms with E-state index in [9.17, 15) is 4.79 Å². The molecule has 1 unspecified atom stereocenters. The van der Waals surface area contributed by atoms with Crippen molar-refractivity contribution in [2.24, 2.45) is 0 Å². The SMILES string of the molecule is Cc1coc(CCN(Cc2cccc(CNC(=O)c3ccnc(Cl)c3)c2)C2CCCc3cccnc32)n1. The van der Waals surface area contributed by atoms with Crippen LogP contribution in [-0.2, 0) is 25.9 Å². The molecule has 0 aliphatic heterocycles. The Morgan fingerprint density at radius 1 is 1.14 bits per heavy atom. The first-order valence-electron chi connectivity index (χ1n) is 12.6. The van der Waals surface area contributed by atoms with Crippen molar-refractivity contribution in [3.05, 3.63) is 112 Å². The summed E-state index contributed by atoms with van der Waals surface area (Å²) in [6.45, 7) is 3.95. The molecule has 1 aromatic carbocycles. The summed E-state index contributed by atoms with van der Waals surface area (Å²) >= 11 is 5.93. The maximum atomic E-state index is 12.6. The molecule has 0 saturated carbocycles. The van der Waals surface area contributed by atoms with E-state index in [1.807, 2.05) is 31.3 Å². The van der Waals surface area contributed by atoms with Crippen LogP contribution in [0.5, 0.6) is 0 Å². The Kier molecular flexibility index (Phi) is 7.92. The van der Waals surface area contributed by atoms with Gasteiger partial charge in [-0.1, -0.05) is 41.9 Å². The summed E-state index contributed by atoms with van der Waals surface area (Å²) in [6.07, 6.45) is 9.15. The summed E-state index contributed by atoms with van der Waals surface area (Å²) < 4.78 is 5.63. The highest BCUT2D eigenvalue weighted by Gasteiger charge is 2.27. The van der Waals surface area contributed by atoms with E-state index in [1.165, 1.54) is 23.0 Å². The number of carbonyl (C=O) groups is 1. The van der Waals surface area contributed by atoms with E-state index in [0.29, 0.717) is 17.3 Å². The van der Waals surface area contributed by atoms with Crippen LogP contribution in [0.4, 0.5) is 0 Å². The molecule has 1 amide bonds. The van der Waals surface area contributed by atoms with Crippen molar-refractivity contribution in [3.63, 3.8) is 0 Å². The van der Waals surface area contributed by atoms with E-state index in [2.05, 4.69) is 38.4 Å². The molecule has 1 aliphatic carbocycles. The molecular weight excluding hydrogens is 486 g/mol. The molecule has 7 nitrogen and oxygen atoms in total. The van der Waals surface area contributed by atoms with Gasteiger partial charge in [0.1, 0.15) is 11.4 Å². The first-order valence-corrected chi connectivity index (χ1v) is 13.0. The Labute approximate surface area is 221 Å². The van der Waals surface area contributed by atoms with Gasteiger partial charge in [-0.05, 0) is 61.1 Å². The van der Waals surface area contributed by atoms with E-state index >= 15 is 0 Å². The molecule has 0 fully saturated rings. The minimum Gasteiger partial charge on any atom is -0.449 e. The Bertz CT molecular complexity index is 1370. The largest absolute Gasteiger partial charge is 0.449 e. The Hall–Kier alpha value is -3.55. The summed E-state index contributed by atoms with van der Waals surface area (Å²) in [5.74, 6) is 0.578. The van der Waals surface area contributed by atoms with Crippen molar-refractivity contribution in [1.82, 2.24) is 25.2 Å². The molecule has 0 radical (unpaired) electrons. The summed E-state index contributed by atoms with van der Waals surface area (Å²) in [5.41, 5.74) is 6.13. The molecular formula is C29H30ClN5O2. The van der Waals surface area contributed by atoms with Crippen molar-refractivity contribution in [3.8, 4) is 0 Å². The number of carbonyl (C=O) groups excluding carboxylic acids is 1. The second-order valence-corrected chi connectivity index (χ2v) is 9.82. The minimum absolute atomic E-state index is 0.178. The number of benzene rings is 1. The number of nitrogens with zero attached hydrogens (tertiary/aromatic N) is 4. The van der Waals surface area contributed by atoms with Gasteiger partial charge in [0.05, 0.1) is 17.4 Å². The summed E-state index contributed by atoms with van der Waals surface area (Å²) in [4.78, 5) is 28.3. The van der Waals surface area contributed by atoms with Gasteiger partial charge in [0.2, 0.25) is 0 Å². The van der Waals surface area contributed by atoms with Gasteiger partial charge in [-0.25, -0.2) is 9.97 Å². The average molecular weight is 516 g/mol. The molecule has 37 heavy (non-hydrogen) atoms. The number of halogens is 1. The van der Waals surface area contributed by atoms with E-state index in [-0.39, 0.29) is 11.9 Å². The predicted molar refractivity (Wildman–Crippen MR) is 142 cm³/mol. The number of amides is 1. The zero-order valence-electron chi connectivity index (χ0n) is 20.9. The van der Waals surface area contributed by atoms with Gasteiger partial charge in [-0.15, -0.1) is 0 Å². The Balaban J connectivity index is 1.31. The van der Waals surface area contributed by atoms with Crippen LogP contribution in [-0.4, -0.2) is 32.3 Å². The molecule has 3 aromatic heterocycles. The number of pyridine rings is 2. The lowest BCUT2D eigenvalue weighted by Crippen LogP contribution is -2.33. The van der Waals surface area contributed by atoms with Crippen LogP contribution < -0.4 is 5.32 Å². The lowest BCUT2D eigenvalue weighted by Gasteiger charge is -2.35. The molecule has 8 heteroatoms. The maximum absolute atomic E-state index is 12.6. The first kappa shape index (κ1) is 25.1. The van der Waals surface area contributed by atoms with Gasteiger partial charge < -0.3 is 9.73 Å². The van der Waals surface area contributed by atoms with E-state index < -0.39 is 0 Å².